The first-order valence-corrected chi connectivity index (χ1v) is 7.26. The lowest BCUT2D eigenvalue weighted by Crippen LogP contribution is -2.60. The Labute approximate surface area is 126 Å². The van der Waals surface area contributed by atoms with Crippen LogP contribution in [-0.2, 0) is 9.59 Å². The molecule has 2 atom stereocenters. The Morgan fingerprint density at radius 3 is 2.24 bits per heavy atom. The van der Waals surface area contributed by atoms with Crippen LogP contribution in [0.25, 0.3) is 0 Å². The van der Waals surface area contributed by atoms with Crippen LogP contribution in [0.2, 0.25) is 0 Å². The monoisotopic (exact) mass is 289 g/mol. The van der Waals surface area contributed by atoms with Crippen molar-refractivity contribution in [3.63, 3.8) is 0 Å². The van der Waals surface area contributed by atoms with Gasteiger partial charge in [0.2, 0.25) is 11.8 Å². The summed E-state index contributed by atoms with van der Waals surface area (Å²) in [4.78, 5) is 31.1. The number of nitrogens with zero attached hydrogens (tertiary/aromatic N) is 3. The van der Waals surface area contributed by atoms with Crippen molar-refractivity contribution in [2.24, 2.45) is 5.41 Å². The van der Waals surface area contributed by atoms with Gasteiger partial charge < -0.3 is 9.80 Å². The molecule has 0 radical (unpaired) electrons. The van der Waals surface area contributed by atoms with Gasteiger partial charge in [-0.2, -0.15) is 0 Å². The van der Waals surface area contributed by atoms with E-state index in [1.165, 1.54) is 0 Å². The van der Waals surface area contributed by atoms with Crippen molar-refractivity contribution in [1.82, 2.24) is 14.8 Å². The molecule has 0 aromatic carbocycles. The average molecular weight is 289 g/mol. The van der Waals surface area contributed by atoms with E-state index in [1.54, 1.807) is 36.2 Å². The fourth-order valence-corrected chi connectivity index (χ4v) is 2.87. The van der Waals surface area contributed by atoms with Crippen LogP contribution in [0.5, 0.6) is 0 Å². The van der Waals surface area contributed by atoms with Crippen molar-refractivity contribution in [2.45, 2.75) is 39.3 Å². The average Bonchev–Trinajstić information content (AvgIpc) is 2.81. The zero-order valence-corrected chi connectivity index (χ0v) is 13.1. The highest BCUT2D eigenvalue weighted by molar-refractivity contribution is 5.97. The van der Waals surface area contributed by atoms with Crippen molar-refractivity contribution >= 4 is 11.8 Å². The Hall–Kier alpha value is -1.91. The number of piperazine rings is 1. The lowest BCUT2D eigenvalue weighted by atomic mass is 9.90. The predicted molar refractivity (Wildman–Crippen MR) is 80.4 cm³/mol. The maximum Gasteiger partial charge on any atom is 0.245 e. The third-order valence-electron chi connectivity index (χ3n) is 4.14. The first-order valence-electron chi connectivity index (χ1n) is 7.26. The minimum absolute atomic E-state index is 0.0703. The molecular weight excluding hydrogens is 266 g/mol. The number of hydrogen-bond donors (Lipinski definition) is 0. The normalized spacial score (nSPS) is 27.0. The topological polar surface area (TPSA) is 53.5 Å². The Morgan fingerprint density at radius 2 is 1.76 bits per heavy atom. The van der Waals surface area contributed by atoms with Crippen LogP contribution >= 0.6 is 0 Å². The highest BCUT2D eigenvalue weighted by Crippen LogP contribution is 2.37. The number of aromatic nitrogens is 1. The molecule has 0 saturated carbocycles. The van der Waals surface area contributed by atoms with Crippen molar-refractivity contribution in [1.29, 1.82) is 0 Å². The van der Waals surface area contributed by atoms with Crippen molar-refractivity contribution in [3.05, 3.63) is 30.6 Å². The quantitative estimate of drug-likeness (QED) is 0.728. The predicted octanol–water partition coefficient (Wildman–Crippen LogP) is 1.56. The number of carbonyl (C=O) groups excluding carboxylic acids is 2. The van der Waals surface area contributed by atoms with E-state index in [0.29, 0.717) is 6.54 Å². The summed E-state index contributed by atoms with van der Waals surface area (Å²) >= 11 is 0. The van der Waals surface area contributed by atoms with Gasteiger partial charge in [-0.25, -0.2) is 0 Å². The number of likely N-dealkylation sites (N-methyl/N-ethyl adjacent to an activating group) is 1. The minimum atomic E-state index is -0.303. The summed E-state index contributed by atoms with van der Waals surface area (Å²) < 4.78 is 0. The number of carbonyl (C=O) groups is 2. The van der Waals surface area contributed by atoms with Crippen molar-refractivity contribution < 1.29 is 9.59 Å². The molecule has 0 spiro atoms. The van der Waals surface area contributed by atoms with E-state index in [2.05, 4.69) is 18.8 Å². The number of amides is 2. The first-order chi connectivity index (χ1) is 9.83. The summed E-state index contributed by atoms with van der Waals surface area (Å²) in [6, 6.07) is 5.20. The maximum absolute atomic E-state index is 12.0. The molecule has 2 saturated heterocycles. The molecule has 2 fully saturated rings. The second-order valence-corrected chi connectivity index (χ2v) is 6.50. The van der Waals surface area contributed by atoms with Crippen LogP contribution in [0.1, 0.15) is 27.2 Å². The number of rotatable bonds is 0. The van der Waals surface area contributed by atoms with Gasteiger partial charge in [0.1, 0.15) is 12.1 Å². The summed E-state index contributed by atoms with van der Waals surface area (Å²) in [7, 11) is 1.72. The van der Waals surface area contributed by atoms with Gasteiger partial charge in [0.25, 0.3) is 0 Å². The Balaban J connectivity index is 0.000000225. The molecule has 0 aliphatic carbocycles. The smallest absolute Gasteiger partial charge is 0.245 e. The molecule has 0 N–H and O–H groups in total. The first kappa shape index (κ1) is 15.5. The summed E-state index contributed by atoms with van der Waals surface area (Å²) in [6.07, 6.45) is 4.29. The van der Waals surface area contributed by atoms with Crippen LogP contribution < -0.4 is 0 Å². The van der Waals surface area contributed by atoms with E-state index < -0.39 is 0 Å². The van der Waals surface area contributed by atoms with Gasteiger partial charge >= 0.3 is 0 Å². The van der Waals surface area contributed by atoms with Gasteiger partial charge in [0, 0.05) is 26.0 Å². The third-order valence-corrected chi connectivity index (χ3v) is 4.14. The van der Waals surface area contributed by atoms with Crippen molar-refractivity contribution in [3.8, 4) is 0 Å². The van der Waals surface area contributed by atoms with Gasteiger partial charge in [0.05, 0.1) is 0 Å². The molecule has 5 heteroatoms. The molecule has 1 aromatic rings. The van der Waals surface area contributed by atoms with E-state index in [-0.39, 0.29) is 29.3 Å². The molecule has 21 heavy (non-hydrogen) atoms. The van der Waals surface area contributed by atoms with Gasteiger partial charge in [-0.15, -0.1) is 0 Å². The summed E-state index contributed by atoms with van der Waals surface area (Å²) in [5, 5.41) is 0. The fraction of sp³-hybridized carbons (Fsp3) is 0.562. The van der Waals surface area contributed by atoms with Crippen molar-refractivity contribution in [2.75, 3.05) is 13.6 Å². The molecule has 1 aromatic heterocycles. The largest absolute Gasteiger partial charge is 0.332 e. The lowest BCUT2D eigenvalue weighted by Gasteiger charge is -2.38. The van der Waals surface area contributed by atoms with E-state index in [1.807, 2.05) is 18.2 Å². The SMILES string of the molecule is CC1C(=O)N2CC(C)(C)CC2C(=O)N1C.c1ccncc1. The highest BCUT2D eigenvalue weighted by Gasteiger charge is 2.50. The zero-order valence-electron chi connectivity index (χ0n) is 13.1. The van der Waals surface area contributed by atoms with Gasteiger partial charge in [-0.1, -0.05) is 19.9 Å². The molecule has 5 nitrogen and oxygen atoms in total. The summed E-state index contributed by atoms with van der Waals surface area (Å²) in [5.74, 6) is 0.181. The van der Waals surface area contributed by atoms with Crippen LogP contribution in [0.4, 0.5) is 0 Å². The second-order valence-electron chi connectivity index (χ2n) is 6.50. The van der Waals surface area contributed by atoms with E-state index >= 15 is 0 Å². The minimum Gasteiger partial charge on any atom is -0.332 e. The van der Waals surface area contributed by atoms with E-state index in [4.69, 9.17) is 0 Å². The zero-order chi connectivity index (χ0) is 15.6. The van der Waals surface area contributed by atoms with Crippen LogP contribution in [0.15, 0.2) is 30.6 Å². The second kappa shape index (κ2) is 5.84. The summed E-state index contributed by atoms with van der Waals surface area (Å²) in [6.45, 7) is 6.72. The highest BCUT2D eigenvalue weighted by atomic mass is 16.2. The molecule has 0 bridgehead atoms. The van der Waals surface area contributed by atoms with E-state index in [9.17, 15) is 9.59 Å². The van der Waals surface area contributed by atoms with Gasteiger partial charge in [0.15, 0.2) is 0 Å². The molecular formula is C16H23N3O2. The standard InChI is InChI=1S/C11H18N2O2.C5H5N/c1-7-9(14)13-6-11(2,3)5-8(13)10(15)12(7)4;1-2-4-6-5-3-1/h7-8H,5-6H2,1-4H3;1-5H. The molecule has 114 valence electrons. The van der Waals surface area contributed by atoms with Gasteiger partial charge in [-0.3, -0.25) is 14.6 Å². The van der Waals surface area contributed by atoms with Crippen LogP contribution in [0, 0.1) is 5.41 Å². The van der Waals surface area contributed by atoms with Crippen LogP contribution in [0.3, 0.4) is 0 Å². The summed E-state index contributed by atoms with van der Waals surface area (Å²) in [5.41, 5.74) is 0.0703. The molecule has 3 rings (SSSR count). The maximum atomic E-state index is 12.0. The van der Waals surface area contributed by atoms with E-state index in [0.717, 1.165) is 6.42 Å². The lowest BCUT2D eigenvalue weighted by molar-refractivity contribution is -0.156. The number of hydrogen-bond acceptors (Lipinski definition) is 3. The Morgan fingerprint density at radius 1 is 1.14 bits per heavy atom. The molecule has 2 amide bonds. The number of fused-ring (bicyclic) bond motifs is 1. The third kappa shape index (κ3) is 3.23. The van der Waals surface area contributed by atoms with Gasteiger partial charge in [-0.05, 0) is 30.9 Å². The molecule has 2 aliphatic rings. The molecule has 2 unspecified atom stereocenters. The molecule has 3 heterocycles. The fourth-order valence-electron chi connectivity index (χ4n) is 2.87. The van der Waals surface area contributed by atoms with Crippen LogP contribution in [-0.4, -0.2) is 52.3 Å². The Kier molecular flexibility index (Phi) is 4.30. The Bertz CT molecular complexity index is 459. The molecule has 2 aliphatic heterocycles. The number of pyridine rings is 1.